The van der Waals surface area contributed by atoms with Gasteiger partial charge in [-0.15, -0.1) is 0 Å². The quantitative estimate of drug-likeness (QED) is 0.285. The Hall–Kier alpha value is -5.16. The molecule has 0 unspecified atom stereocenters. The Morgan fingerprint density at radius 3 is 2.31 bits per heavy atom. The summed E-state index contributed by atoms with van der Waals surface area (Å²) >= 11 is 0. The molecule has 39 heavy (non-hydrogen) atoms. The van der Waals surface area contributed by atoms with Crippen LogP contribution in [0, 0.1) is 0 Å². The maximum atomic E-state index is 6.46. The molecule has 7 aromatic rings. The van der Waals surface area contributed by atoms with E-state index in [2.05, 4.69) is 95.6 Å². The van der Waals surface area contributed by atoms with Crippen LogP contribution in [-0.2, 0) is 0 Å². The first-order chi connectivity index (χ1) is 19.3. The Bertz CT molecular complexity index is 1930. The molecule has 0 amide bonds. The van der Waals surface area contributed by atoms with Crippen LogP contribution in [0.4, 0.5) is 0 Å². The van der Waals surface area contributed by atoms with Crippen LogP contribution in [0.2, 0.25) is 0 Å². The minimum absolute atomic E-state index is 0.0796. The number of pyridine rings is 2. The highest BCUT2D eigenvalue weighted by Crippen LogP contribution is 2.32. The van der Waals surface area contributed by atoms with Crippen LogP contribution >= 0.6 is 0 Å². The van der Waals surface area contributed by atoms with E-state index >= 15 is 0 Å². The van der Waals surface area contributed by atoms with Crippen molar-refractivity contribution in [3.05, 3.63) is 134 Å². The molecule has 0 saturated heterocycles. The minimum atomic E-state index is 0.0796. The molecular formula is C34H22BN3O. The summed E-state index contributed by atoms with van der Waals surface area (Å²) in [5, 5.41) is 2.32. The zero-order valence-corrected chi connectivity index (χ0v) is 21.0. The fraction of sp³-hybridized carbons (Fsp3) is 0. The standard InChI is InChI=1S/C34H22BN3O/c1-3-17-31-27(13-1)29-15-7-19-36-33(29)35(31)23-9-5-11-25(21-23)39-26-12-6-10-24(22-26)38-32-18-4-2-14-28(32)30-16-8-20-37-34(30)38/h1-22H. The third-order valence-corrected chi connectivity index (χ3v) is 7.61. The van der Waals surface area contributed by atoms with Gasteiger partial charge in [0.2, 0.25) is 0 Å². The van der Waals surface area contributed by atoms with E-state index in [1.807, 2.05) is 42.7 Å². The normalized spacial score (nSPS) is 12.1. The van der Waals surface area contributed by atoms with Crippen molar-refractivity contribution in [2.24, 2.45) is 0 Å². The molecule has 3 aromatic heterocycles. The van der Waals surface area contributed by atoms with Gasteiger partial charge >= 0.3 is 0 Å². The second-order valence-electron chi connectivity index (χ2n) is 9.86. The number of benzene rings is 4. The average molecular weight is 499 g/mol. The lowest BCUT2D eigenvalue weighted by Gasteiger charge is -2.13. The van der Waals surface area contributed by atoms with Crippen LogP contribution in [-0.4, -0.2) is 21.2 Å². The number of nitrogens with zero attached hydrogens (tertiary/aromatic N) is 3. The van der Waals surface area contributed by atoms with E-state index in [0.29, 0.717) is 0 Å². The van der Waals surface area contributed by atoms with E-state index < -0.39 is 0 Å². The highest BCUT2D eigenvalue weighted by Gasteiger charge is 2.34. The number of rotatable bonds is 4. The summed E-state index contributed by atoms with van der Waals surface area (Å²) in [4.78, 5) is 9.50. The lowest BCUT2D eigenvalue weighted by molar-refractivity contribution is 0.483. The predicted octanol–water partition coefficient (Wildman–Crippen LogP) is 5.86. The number of para-hydroxylation sites is 1. The van der Waals surface area contributed by atoms with E-state index in [-0.39, 0.29) is 6.71 Å². The van der Waals surface area contributed by atoms with Crippen molar-refractivity contribution in [3.63, 3.8) is 0 Å². The van der Waals surface area contributed by atoms with Crippen molar-refractivity contribution < 1.29 is 4.74 Å². The highest BCUT2D eigenvalue weighted by atomic mass is 16.5. The number of fused-ring (bicyclic) bond motifs is 6. The van der Waals surface area contributed by atoms with Crippen LogP contribution in [0.3, 0.4) is 0 Å². The molecule has 1 aliphatic heterocycles. The Labute approximate surface area is 226 Å². The van der Waals surface area contributed by atoms with Crippen LogP contribution < -0.4 is 21.3 Å². The van der Waals surface area contributed by atoms with Crippen LogP contribution in [0.5, 0.6) is 11.5 Å². The zero-order valence-electron chi connectivity index (χ0n) is 21.0. The topological polar surface area (TPSA) is 39.9 Å². The SMILES string of the molecule is c1cc(Oc2cccc(-n3c4ccccc4c4cccnc43)c2)cc(B2c3ccccc3-c3cccnc32)c1. The molecule has 5 heteroatoms. The van der Waals surface area contributed by atoms with E-state index in [1.165, 1.54) is 27.4 Å². The summed E-state index contributed by atoms with van der Waals surface area (Å²) in [6.07, 6.45) is 3.73. The van der Waals surface area contributed by atoms with Crippen LogP contribution in [0.1, 0.15) is 0 Å². The van der Waals surface area contributed by atoms with Gasteiger partial charge in [0, 0.05) is 34.8 Å². The van der Waals surface area contributed by atoms with Gasteiger partial charge in [-0.05, 0) is 59.7 Å². The van der Waals surface area contributed by atoms with Crippen molar-refractivity contribution in [1.82, 2.24) is 14.5 Å². The molecular weight excluding hydrogens is 477 g/mol. The lowest BCUT2D eigenvalue weighted by atomic mass is 9.40. The summed E-state index contributed by atoms with van der Waals surface area (Å²) in [5.41, 5.74) is 9.07. The molecule has 0 spiro atoms. The van der Waals surface area contributed by atoms with E-state index in [1.54, 1.807) is 0 Å². The molecule has 0 fully saturated rings. The largest absolute Gasteiger partial charge is 0.457 e. The van der Waals surface area contributed by atoms with Crippen molar-refractivity contribution in [3.8, 4) is 28.3 Å². The molecule has 0 saturated carbocycles. The van der Waals surface area contributed by atoms with E-state index in [4.69, 9.17) is 14.7 Å². The third-order valence-electron chi connectivity index (χ3n) is 7.61. The summed E-state index contributed by atoms with van der Waals surface area (Å²) in [6, 6.07) is 41.9. The summed E-state index contributed by atoms with van der Waals surface area (Å²) in [6.45, 7) is 0.0796. The maximum absolute atomic E-state index is 6.46. The zero-order chi connectivity index (χ0) is 25.8. The molecule has 1 aliphatic rings. The van der Waals surface area contributed by atoms with Crippen molar-refractivity contribution >= 4 is 45.2 Å². The van der Waals surface area contributed by atoms with Gasteiger partial charge in [-0.1, -0.05) is 77.7 Å². The van der Waals surface area contributed by atoms with Crippen molar-refractivity contribution in [2.45, 2.75) is 0 Å². The van der Waals surface area contributed by atoms with Gasteiger partial charge in [0.15, 0.2) is 0 Å². The van der Waals surface area contributed by atoms with Crippen LogP contribution in [0.15, 0.2) is 134 Å². The third kappa shape index (κ3) is 3.47. The van der Waals surface area contributed by atoms with Gasteiger partial charge < -0.3 is 4.74 Å². The van der Waals surface area contributed by atoms with E-state index in [0.717, 1.165) is 39.3 Å². The minimum Gasteiger partial charge on any atom is -0.457 e. The van der Waals surface area contributed by atoms with Gasteiger partial charge in [-0.3, -0.25) is 9.55 Å². The Balaban J connectivity index is 1.18. The summed E-state index contributed by atoms with van der Waals surface area (Å²) in [5.74, 6) is 1.57. The molecule has 0 N–H and O–H groups in total. The first-order valence-corrected chi connectivity index (χ1v) is 13.1. The molecule has 0 radical (unpaired) electrons. The smallest absolute Gasteiger partial charge is 0.266 e. The molecule has 0 bridgehead atoms. The molecule has 4 heterocycles. The number of ether oxygens (including phenoxy) is 1. The first kappa shape index (κ1) is 21.9. The second kappa shape index (κ2) is 8.71. The van der Waals surface area contributed by atoms with Gasteiger partial charge in [0.25, 0.3) is 6.71 Å². The molecule has 182 valence electrons. The van der Waals surface area contributed by atoms with Gasteiger partial charge in [-0.2, -0.15) is 0 Å². The summed E-state index contributed by atoms with van der Waals surface area (Å²) < 4.78 is 8.66. The number of hydrogen-bond donors (Lipinski definition) is 0. The van der Waals surface area contributed by atoms with Crippen LogP contribution in [0.25, 0.3) is 38.8 Å². The van der Waals surface area contributed by atoms with Gasteiger partial charge in [-0.25, -0.2) is 4.98 Å². The first-order valence-electron chi connectivity index (χ1n) is 13.1. The monoisotopic (exact) mass is 499 g/mol. The fourth-order valence-electron chi connectivity index (χ4n) is 5.99. The number of hydrogen-bond acceptors (Lipinski definition) is 3. The Morgan fingerprint density at radius 2 is 1.33 bits per heavy atom. The predicted molar refractivity (Wildman–Crippen MR) is 159 cm³/mol. The second-order valence-corrected chi connectivity index (χ2v) is 9.86. The van der Waals surface area contributed by atoms with Gasteiger partial charge in [0.05, 0.1) is 11.2 Å². The highest BCUT2D eigenvalue weighted by molar-refractivity contribution is 6.98. The molecule has 4 nitrogen and oxygen atoms in total. The summed E-state index contributed by atoms with van der Waals surface area (Å²) in [7, 11) is 0. The average Bonchev–Trinajstić information content (AvgIpc) is 3.51. The molecule has 8 rings (SSSR count). The van der Waals surface area contributed by atoms with E-state index in [9.17, 15) is 0 Å². The molecule has 0 atom stereocenters. The van der Waals surface area contributed by atoms with Crippen molar-refractivity contribution in [2.75, 3.05) is 0 Å². The maximum Gasteiger partial charge on any atom is 0.266 e. The molecule has 4 aromatic carbocycles. The fourth-order valence-corrected chi connectivity index (χ4v) is 5.99. The van der Waals surface area contributed by atoms with Crippen molar-refractivity contribution in [1.29, 1.82) is 0 Å². The Morgan fingerprint density at radius 1 is 0.590 bits per heavy atom. The lowest BCUT2D eigenvalue weighted by Crippen LogP contribution is -2.50. The van der Waals surface area contributed by atoms with Gasteiger partial charge in [0.1, 0.15) is 17.1 Å². The number of aromatic nitrogens is 3. The Kier molecular flexibility index (Phi) is 4.89. The molecule has 0 aliphatic carbocycles.